The highest BCUT2D eigenvalue weighted by molar-refractivity contribution is 8.07. The van der Waals surface area contributed by atoms with Crippen LogP contribution in [-0.2, 0) is 0 Å². The van der Waals surface area contributed by atoms with Gasteiger partial charge in [0.2, 0.25) is 0 Å². The molecule has 3 atom stereocenters. The van der Waals surface area contributed by atoms with Crippen molar-refractivity contribution in [2.24, 2.45) is 5.84 Å². The Morgan fingerprint density at radius 2 is 2.00 bits per heavy atom. The van der Waals surface area contributed by atoms with Gasteiger partial charge in [-0.25, -0.2) is 4.68 Å². The monoisotopic (exact) mass is 320 g/mol. The molecule has 1 aliphatic heterocycles. The van der Waals surface area contributed by atoms with Crippen molar-refractivity contribution >= 4 is 23.5 Å². The topological polar surface area (TPSA) is 55.9 Å². The molecule has 1 aromatic carbocycles. The van der Waals surface area contributed by atoms with Crippen LogP contribution < -0.4 is 11.3 Å². The largest absolute Gasteiger partial charge is 0.271 e. The van der Waals surface area contributed by atoms with Crippen LogP contribution in [0.4, 0.5) is 0 Å². The maximum atomic E-state index is 5.89. The molecule has 21 heavy (non-hydrogen) atoms. The van der Waals surface area contributed by atoms with Crippen LogP contribution in [0.2, 0.25) is 0 Å². The van der Waals surface area contributed by atoms with E-state index in [0.29, 0.717) is 10.5 Å². The van der Waals surface area contributed by atoms with Crippen molar-refractivity contribution in [3.8, 4) is 5.69 Å². The van der Waals surface area contributed by atoms with Crippen molar-refractivity contribution in [3.63, 3.8) is 0 Å². The number of nitrogens with two attached hydrogens (primary N) is 1. The first-order chi connectivity index (χ1) is 10.3. The van der Waals surface area contributed by atoms with Crippen LogP contribution in [0.1, 0.15) is 18.7 Å². The molecule has 2 heterocycles. The summed E-state index contributed by atoms with van der Waals surface area (Å²) in [5, 5.41) is 5.51. The number of para-hydroxylation sites is 1. The molecule has 3 unspecified atom stereocenters. The second-order valence-corrected chi connectivity index (χ2v) is 7.83. The highest BCUT2D eigenvalue weighted by Crippen LogP contribution is 2.38. The second-order valence-electron chi connectivity index (χ2n) is 5.06. The Kier molecular flexibility index (Phi) is 4.90. The first-order valence-electron chi connectivity index (χ1n) is 7.10. The van der Waals surface area contributed by atoms with Crippen molar-refractivity contribution in [1.82, 2.24) is 15.2 Å². The maximum absolute atomic E-state index is 5.89. The third kappa shape index (κ3) is 3.13. The molecule has 112 valence electrons. The summed E-state index contributed by atoms with van der Waals surface area (Å²) in [7, 11) is 0. The van der Waals surface area contributed by atoms with E-state index >= 15 is 0 Å². The number of hydrogen-bond acceptors (Lipinski definition) is 5. The molecule has 1 fully saturated rings. The molecule has 1 saturated heterocycles. The van der Waals surface area contributed by atoms with Gasteiger partial charge in [-0.3, -0.25) is 11.3 Å². The smallest absolute Gasteiger partial charge is 0.0762 e. The molecule has 0 saturated carbocycles. The van der Waals surface area contributed by atoms with Gasteiger partial charge in [0, 0.05) is 28.2 Å². The molecule has 3 N–H and O–H groups in total. The molecular formula is C15H20N4S2. The molecule has 1 aromatic heterocycles. The van der Waals surface area contributed by atoms with E-state index in [2.05, 4.69) is 35.6 Å². The molecule has 1 aliphatic rings. The Morgan fingerprint density at radius 1 is 1.24 bits per heavy atom. The van der Waals surface area contributed by atoms with Crippen molar-refractivity contribution < 1.29 is 0 Å². The van der Waals surface area contributed by atoms with Crippen LogP contribution in [0, 0.1) is 0 Å². The number of benzene rings is 1. The Labute approximate surface area is 133 Å². The van der Waals surface area contributed by atoms with Crippen molar-refractivity contribution in [2.45, 2.75) is 23.5 Å². The molecule has 0 amide bonds. The van der Waals surface area contributed by atoms with Gasteiger partial charge >= 0.3 is 0 Å². The highest BCUT2D eigenvalue weighted by atomic mass is 32.2. The number of thioether (sulfide) groups is 2. The first-order valence-corrected chi connectivity index (χ1v) is 9.19. The van der Waals surface area contributed by atoms with Gasteiger partial charge in [0.15, 0.2) is 0 Å². The van der Waals surface area contributed by atoms with E-state index in [4.69, 9.17) is 5.84 Å². The summed E-state index contributed by atoms with van der Waals surface area (Å²) in [4.78, 5) is 0. The van der Waals surface area contributed by atoms with E-state index < -0.39 is 0 Å². The van der Waals surface area contributed by atoms with Gasteiger partial charge < -0.3 is 0 Å². The van der Waals surface area contributed by atoms with Gasteiger partial charge in [-0.15, -0.1) is 0 Å². The van der Waals surface area contributed by atoms with E-state index in [1.54, 1.807) is 0 Å². The minimum Gasteiger partial charge on any atom is -0.271 e. The summed E-state index contributed by atoms with van der Waals surface area (Å²) in [5.41, 5.74) is 5.21. The van der Waals surface area contributed by atoms with Crippen LogP contribution >= 0.6 is 23.5 Å². The van der Waals surface area contributed by atoms with Gasteiger partial charge in [0.25, 0.3) is 0 Å². The summed E-state index contributed by atoms with van der Waals surface area (Å²) in [6.45, 7) is 2.29. The lowest BCUT2D eigenvalue weighted by molar-refractivity contribution is 0.501. The molecule has 2 aromatic rings. The van der Waals surface area contributed by atoms with Gasteiger partial charge in [0.1, 0.15) is 0 Å². The number of nitrogens with zero attached hydrogens (tertiary/aromatic N) is 2. The van der Waals surface area contributed by atoms with Gasteiger partial charge in [-0.2, -0.15) is 28.6 Å². The molecule has 0 aliphatic carbocycles. The summed E-state index contributed by atoms with van der Waals surface area (Å²) in [6.07, 6.45) is 1.85. The van der Waals surface area contributed by atoms with E-state index in [9.17, 15) is 0 Å². The average molecular weight is 320 g/mol. The maximum Gasteiger partial charge on any atom is 0.0762 e. The fourth-order valence-electron chi connectivity index (χ4n) is 2.70. The molecule has 0 bridgehead atoms. The fraction of sp³-hybridized carbons (Fsp3) is 0.400. The zero-order valence-electron chi connectivity index (χ0n) is 12.0. The van der Waals surface area contributed by atoms with Crippen LogP contribution in [0.3, 0.4) is 0 Å². The minimum absolute atomic E-state index is 0.0977. The minimum atomic E-state index is 0.0977. The summed E-state index contributed by atoms with van der Waals surface area (Å²) in [5.74, 6) is 8.29. The first kappa shape index (κ1) is 15.0. The highest BCUT2D eigenvalue weighted by Gasteiger charge is 2.32. The third-order valence-corrected chi connectivity index (χ3v) is 6.93. The van der Waals surface area contributed by atoms with Crippen LogP contribution in [0.15, 0.2) is 42.6 Å². The fourth-order valence-corrected chi connectivity index (χ4v) is 5.61. The van der Waals surface area contributed by atoms with Gasteiger partial charge in [0.05, 0.1) is 17.4 Å². The second kappa shape index (κ2) is 6.87. The van der Waals surface area contributed by atoms with E-state index in [-0.39, 0.29) is 6.04 Å². The van der Waals surface area contributed by atoms with Crippen molar-refractivity contribution in [1.29, 1.82) is 0 Å². The summed E-state index contributed by atoms with van der Waals surface area (Å²) in [6, 6.07) is 12.4. The van der Waals surface area contributed by atoms with Crippen LogP contribution in [0.5, 0.6) is 0 Å². The van der Waals surface area contributed by atoms with Crippen LogP contribution in [-0.4, -0.2) is 31.8 Å². The predicted molar refractivity (Wildman–Crippen MR) is 91.8 cm³/mol. The molecular weight excluding hydrogens is 300 g/mol. The number of aromatic nitrogens is 2. The van der Waals surface area contributed by atoms with E-state index in [1.807, 2.05) is 52.6 Å². The molecule has 0 radical (unpaired) electrons. The lowest BCUT2D eigenvalue weighted by atomic mass is 10.1. The normalized spacial score (nSPS) is 23.9. The molecule has 0 spiro atoms. The number of nitrogens with one attached hydrogen (secondary N) is 1. The number of hydrogen-bond donors (Lipinski definition) is 2. The van der Waals surface area contributed by atoms with Gasteiger partial charge in [-0.1, -0.05) is 25.1 Å². The molecule has 3 rings (SSSR count). The standard InChI is InChI=1S/C15H20N4S2/c1-11-15(21-10-9-20-11)14(18-16)13-7-8-17-19(13)12-5-3-2-4-6-12/h2-8,11,14-15,18H,9-10,16H2,1H3. The SMILES string of the molecule is CC1SCCSC1C(NN)c1ccnn1-c1ccccc1. The Bertz CT molecular complexity index is 572. The average Bonchev–Trinajstić information content (AvgIpc) is 3.00. The third-order valence-electron chi connectivity index (χ3n) is 3.74. The quantitative estimate of drug-likeness (QED) is 0.670. The predicted octanol–water partition coefficient (Wildman–Crippen LogP) is 2.61. The van der Waals surface area contributed by atoms with Crippen LogP contribution in [0.25, 0.3) is 5.69 Å². The molecule has 4 nitrogen and oxygen atoms in total. The number of hydrazine groups is 1. The van der Waals surface area contributed by atoms with E-state index in [0.717, 1.165) is 11.4 Å². The summed E-state index contributed by atoms with van der Waals surface area (Å²) >= 11 is 4.02. The van der Waals surface area contributed by atoms with E-state index in [1.165, 1.54) is 11.5 Å². The summed E-state index contributed by atoms with van der Waals surface area (Å²) < 4.78 is 1.98. The number of rotatable bonds is 4. The Hall–Kier alpha value is -0.950. The Balaban J connectivity index is 1.93. The molecule has 6 heteroatoms. The Morgan fingerprint density at radius 3 is 2.71 bits per heavy atom. The lowest BCUT2D eigenvalue weighted by Gasteiger charge is -2.34. The van der Waals surface area contributed by atoms with Crippen molar-refractivity contribution in [2.75, 3.05) is 11.5 Å². The zero-order valence-corrected chi connectivity index (χ0v) is 13.6. The lowest BCUT2D eigenvalue weighted by Crippen LogP contribution is -2.41. The van der Waals surface area contributed by atoms with Crippen molar-refractivity contribution in [3.05, 3.63) is 48.3 Å². The zero-order chi connectivity index (χ0) is 14.7. The van der Waals surface area contributed by atoms with Gasteiger partial charge in [-0.05, 0) is 18.2 Å².